The van der Waals surface area contributed by atoms with E-state index in [0.29, 0.717) is 5.65 Å². The van der Waals surface area contributed by atoms with Gasteiger partial charge in [0.25, 0.3) is 5.56 Å². The zero-order valence-electron chi connectivity index (χ0n) is 6.06. The number of hydrogen-bond donors (Lipinski definition) is 0. The zero-order valence-corrected chi connectivity index (χ0v) is 8.06. The molecular formula is C6H4N3NaO. The van der Waals surface area contributed by atoms with Gasteiger partial charge in [-0.05, 0) is 12.3 Å². The van der Waals surface area contributed by atoms with Crippen LogP contribution in [-0.4, -0.2) is 9.50 Å². The first-order valence-electron chi connectivity index (χ1n) is 2.84. The third-order valence-electron chi connectivity index (χ3n) is 1.23. The summed E-state index contributed by atoms with van der Waals surface area (Å²) in [6.45, 7) is 0. The molecule has 0 saturated carbocycles. The van der Waals surface area contributed by atoms with Gasteiger partial charge in [-0.2, -0.15) is 11.2 Å². The number of fused-ring (bicyclic) bond motifs is 1. The molecule has 0 amide bonds. The maximum atomic E-state index is 10.6. The molecule has 0 aliphatic heterocycles. The molecule has 2 aromatic heterocycles. The Labute approximate surface area is 84.5 Å². The van der Waals surface area contributed by atoms with E-state index >= 15 is 0 Å². The minimum Gasteiger partial charge on any atom is -0.595 e. The van der Waals surface area contributed by atoms with Crippen LogP contribution in [0.2, 0.25) is 0 Å². The summed E-state index contributed by atoms with van der Waals surface area (Å²) in [5.41, 5.74) is 0.362. The normalized spacial score (nSPS) is 9.45. The molecule has 2 heterocycles. The Bertz CT molecular complexity index is 405. The molecule has 50 valence electrons. The predicted octanol–water partition coefficient (Wildman–Crippen LogP) is -3.34. The van der Waals surface area contributed by atoms with Crippen LogP contribution in [0.5, 0.6) is 0 Å². The van der Waals surface area contributed by atoms with Gasteiger partial charge in [0.1, 0.15) is 5.65 Å². The quantitative estimate of drug-likeness (QED) is 0.375. The van der Waals surface area contributed by atoms with Gasteiger partial charge in [-0.3, -0.25) is 4.79 Å². The molecule has 2 aromatic rings. The summed E-state index contributed by atoms with van der Waals surface area (Å²) < 4.78 is 1.54. The van der Waals surface area contributed by atoms with Crippen molar-refractivity contribution in [2.75, 3.05) is 0 Å². The SMILES string of the molecule is O=c1ccn2[n-]ccc2n1.[Na+]. The molecule has 0 saturated heterocycles. The first kappa shape index (κ1) is 8.52. The Hall–Kier alpha value is -0.580. The Morgan fingerprint density at radius 2 is 2.27 bits per heavy atom. The van der Waals surface area contributed by atoms with Gasteiger partial charge < -0.3 is 9.61 Å². The molecule has 0 N–H and O–H groups in total. The van der Waals surface area contributed by atoms with E-state index in [0.717, 1.165) is 0 Å². The van der Waals surface area contributed by atoms with Crippen molar-refractivity contribution in [1.82, 2.24) is 14.6 Å². The van der Waals surface area contributed by atoms with Gasteiger partial charge >= 0.3 is 29.6 Å². The van der Waals surface area contributed by atoms with Gasteiger partial charge in [0.2, 0.25) is 0 Å². The molecule has 4 nitrogen and oxygen atoms in total. The van der Waals surface area contributed by atoms with Crippen LogP contribution < -0.4 is 40.2 Å². The van der Waals surface area contributed by atoms with E-state index in [1.807, 2.05) is 0 Å². The second-order valence-corrected chi connectivity index (χ2v) is 1.90. The van der Waals surface area contributed by atoms with Gasteiger partial charge in [0, 0.05) is 6.07 Å². The van der Waals surface area contributed by atoms with Gasteiger partial charge in [-0.15, -0.1) is 0 Å². The van der Waals surface area contributed by atoms with Crippen LogP contribution in [0.25, 0.3) is 5.65 Å². The van der Waals surface area contributed by atoms with Crippen LogP contribution >= 0.6 is 0 Å². The number of rotatable bonds is 0. The molecule has 0 aliphatic rings. The van der Waals surface area contributed by atoms with Crippen LogP contribution in [0.3, 0.4) is 0 Å². The van der Waals surface area contributed by atoms with E-state index in [2.05, 4.69) is 10.1 Å². The Morgan fingerprint density at radius 3 is 3.09 bits per heavy atom. The van der Waals surface area contributed by atoms with Crippen molar-refractivity contribution in [2.45, 2.75) is 0 Å². The van der Waals surface area contributed by atoms with Crippen molar-refractivity contribution in [3.63, 3.8) is 0 Å². The van der Waals surface area contributed by atoms with Gasteiger partial charge in [-0.25, -0.2) is 0 Å². The van der Waals surface area contributed by atoms with Crippen molar-refractivity contribution in [3.05, 3.63) is 34.9 Å². The van der Waals surface area contributed by atoms with E-state index in [1.165, 1.54) is 6.07 Å². The van der Waals surface area contributed by atoms with Crippen molar-refractivity contribution < 1.29 is 29.6 Å². The summed E-state index contributed by atoms with van der Waals surface area (Å²) >= 11 is 0. The molecule has 0 radical (unpaired) electrons. The van der Waals surface area contributed by atoms with Crippen molar-refractivity contribution in [1.29, 1.82) is 0 Å². The summed E-state index contributed by atoms with van der Waals surface area (Å²) in [4.78, 5) is 14.3. The fourth-order valence-corrected chi connectivity index (χ4v) is 0.795. The molecule has 5 heteroatoms. The second-order valence-electron chi connectivity index (χ2n) is 1.90. The monoisotopic (exact) mass is 157 g/mol. The van der Waals surface area contributed by atoms with Crippen LogP contribution in [0.1, 0.15) is 0 Å². The topological polar surface area (TPSA) is 48.5 Å². The van der Waals surface area contributed by atoms with Gasteiger partial charge in [0.15, 0.2) is 0 Å². The fraction of sp³-hybridized carbons (Fsp3) is 0. The van der Waals surface area contributed by atoms with Crippen molar-refractivity contribution >= 4 is 5.65 Å². The second kappa shape index (κ2) is 3.21. The third-order valence-corrected chi connectivity index (χ3v) is 1.23. The number of hydrogen-bond acceptors (Lipinski definition) is 2. The zero-order chi connectivity index (χ0) is 6.97. The predicted molar refractivity (Wildman–Crippen MR) is 34.8 cm³/mol. The summed E-state index contributed by atoms with van der Waals surface area (Å²) in [6.07, 6.45) is 3.19. The summed E-state index contributed by atoms with van der Waals surface area (Å²) in [6, 6.07) is 3.06. The van der Waals surface area contributed by atoms with E-state index in [9.17, 15) is 4.79 Å². The average Bonchev–Trinajstić information content (AvgIpc) is 2.33. The van der Waals surface area contributed by atoms with Crippen LogP contribution in [0.4, 0.5) is 0 Å². The molecule has 0 aliphatic carbocycles. The van der Waals surface area contributed by atoms with E-state index in [1.54, 1.807) is 23.0 Å². The average molecular weight is 157 g/mol. The van der Waals surface area contributed by atoms with Crippen molar-refractivity contribution in [2.24, 2.45) is 0 Å². The van der Waals surface area contributed by atoms with Crippen molar-refractivity contribution in [3.8, 4) is 0 Å². The molecule has 2 rings (SSSR count). The minimum absolute atomic E-state index is 0. The summed E-state index contributed by atoms with van der Waals surface area (Å²) in [7, 11) is 0. The van der Waals surface area contributed by atoms with Gasteiger partial charge in [0.05, 0.1) is 0 Å². The van der Waals surface area contributed by atoms with E-state index in [-0.39, 0.29) is 35.1 Å². The summed E-state index contributed by atoms with van der Waals surface area (Å²) in [5.74, 6) is 0. The third kappa shape index (κ3) is 1.53. The van der Waals surface area contributed by atoms with Gasteiger partial charge in [-0.1, -0.05) is 0 Å². The molecule has 0 aromatic carbocycles. The molecule has 0 spiro atoms. The van der Waals surface area contributed by atoms with Crippen LogP contribution in [-0.2, 0) is 0 Å². The Balaban J connectivity index is 0.000000605. The number of aromatic nitrogens is 3. The standard InChI is InChI=1S/C6H5N3O.Na/c10-6-2-4-9-5(8-6)1-3-7-9;/h1-4H,(H,7,8,10);/q;+1/p-1. The molecule has 0 bridgehead atoms. The van der Waals surface area contributed by atoms with Crippen LogP contribution in [0.15, 0.2) is 29.3 Å². The molecular weight excluding hydrogens is 153 g/mol. The number of nitrogens with zero attached hydrogens (tertiary/aromatic N) is 3. The molecule has 0 unspecified atom stereocenters. The Kier molecular flexibility index (Phi) is 2.49. The molecule has 0 fully saturated rings. The molecule has 11 heavy (non-hydrogen) atoms. The Morgan fingerprint density at radius 1 is 1.45 bits per heavy atom. The maximum Gasteiger partial charge on any atom is 1.00 e. The first-order valence-corrected chi connectivity index (χ1v) is 2.84. The minimum atomic E-state index is -0.229. The van der Waals surface area contributed by atoms with E-state index < -0.39 is 0 Å². The first-order chi connectivity index (χ1) is 4.86. The van der Waals surface area contributed by atoms with Crippen LogP contribution in [0, 0.1) is 0 Å². The molecule has 0 atom stereocenters. The van der Waals surface area contributed by atoms with E-state index in [4.69, 9.17) is 0 Å². The largest absolute Gasteiger partial charge is 1.00 e. The summed E-state index contributed by atoms with van der Waals surface area (Å²) in [5, 5.41) is 3.88. The maximum absolute atomic E-state index is 10.6. The fourth-order valence-electron chi connectivity index (χ4n) is 0.795. The smallest absolute Gasteiger partial charge is 0.595 e.